The lowest BCUT2D eigenvalue weighted by atomic mass is 9.95. The van der Waals surface area contributed by atoms with E-state index in [1.54, 1.807) is 17.1 Å². The van der Waals surface area contributed by atoms with E-state index in [4.69, 9.17) is 4.74 Å². The molecule has 0 bridgehead atoms. The van der Waals surface area contributed by atoms with Crippen LogP contribution >= 0.6 is 0 Å². The van der Waals surface area contributed by atoms with Crippen LogP contribution in [0.15, 0.2) is 30.6 Å². The number of pyridine rings is 2. The minimum atomic E-state index is -0.512. The highest BCUT2D eigenvalue weighted by molar-refractivity contribution is 5.95. The Morgan fingerprint density at radius 1 is 1.27 bits per heavy atom. The van der Waals surface area contributed by atoms with E-state index < -0.39 is 5.41 Å². The molecular formula is C22H25N5O3. The van der Waals surface area contributed by atoms with Gasteiger partial charge in [0.05, 0.1) is 23.1 Å². The van der Waals surface area contributed by atoms with Crippen LogP contribution in [-0.4, -0.2) is 38.5 Å². The second-order valence-corrected chi connectivity index (χ2v) is 8.50. The molecule has 1 atom stereocenters. The molecule has 0 radical (unpaired) electrons. The van der Waals surface area contributed by atoms with Crippen molar-refractivity contribution in [2.45, 2.75) is 46.3 Å². The maximum atomic E-state index is 12.3. The van der Waals surface area contributed by atoms with E-state index >= 15 is 0 Å². The third kappa shape index (κ3) is 3.95. The predicted octanol–water partition coefficient (Wildman–Crippen LogP) is 3.99. The molecule has 0 saturated carbocycles. The van der Waals surface area contributed by atoms with Gasteiger partial charge in [0.2, 0.25) is 5.91 Å². The normalized spacial score (nSPS) is 17.1. The molecule has 0 aromatic carbocycles. The van der Waals surface area contributed by atoms with Gasteiger partial charge in [0.15, 0.2) is 18.2 Å². The summed E-state index contributed by atoms with van der Waals surface area (Å²) in [5.41, 5.74) is 3.04. The molecule has 8 heteroatoms. The number of anilines is 1. The zero-order chi connectivity index (χ0) is 21.3. The van der Waals surface area contributed by atoms with Gasteiger partial charge < -0.3 is 10.1 Å². The van der Waals surface area contributed by atoms with Crippen LogP contribution in [0, 0.1) is 5.41 Å². The van der Waals surface area contributed by atoms with Gasteiger partial charge in [-0.2, -0.15) is 5.10 Å². The van der Waals surface area contributed by atoms with Crippen molar-refractivity contribution >= 4 is 28.9 Å². The molecule has 1 aliphatic rings. The zero-order valence-electron chi connectivity index (χ0n) is 17.4. The summed E-state index contributed by atoms with van der Waals surface area (Å²) in [7, 11) is 0. The highest BCUT2D eigenvalue weighted by Crippen LogP contribution is 2.29. The lowest BCUT2D eigenvalue weighted by molar-refractivity contribution is -0.123. The molecule has 0 aliphatic carbocycles. The van der Waals surface area contributed by atoms with Crippen LogP contribution in [0.3, 0.4) is 0 Å². The number of aromatic nitrogens is 4. The molecule has 1 N–H and O–H groups in total. The number of amides is 1. The van der Waals surface area contributed by atoms with Crippen LogP contribution in [0.2, 0.25) is 0 Å². The van der Waals surface area contributed by atoms with Crippen LogP contribution in [-0.2, 0) is 9.53 Å². The summed E-state index contributed by atoms with van der Waals surface area (Å²) in [5, 5.41) is 7.32. The van der Waals surface area contributed by atoms with Gasteiger partial charge in [-0.15, -0.1) is 0 Å². The molecule has 1 unspecified atom stereocenters. The van der Waals surface area contributed by atoms with E-state index in [2.05, 4.69) is 20.4 Å². The van der Waals surface area contributed by atoms with Crippen molar-refractivity contribution in [3.63, 3.8) is 0 Å². The Balaban J connectivity index is 1.69. The number of hydrogen-bond acceptors (Lipinski definition) is 6. The Morgan fingerprint density at radius 3 is 2.80 bits per heavy atom. The fraction of sp³-hybridized carbons (Fsp3) is 0.409. The Labute approximate surface area is 174 Å². The molecule has 1 amide bonds. The van der Waals surface area contributed by atoms with Crippen molar-refractivity contribution in [3.8, 4) is 11.3 Å². The van der Waals surface area contributed by atoms with E-state index in [9.17, 15) is 9.59 Å². The third-order valence-corrected chi connectivity index (χ3v) is 5.09. The van der Waals surface area contributed by atoms with Crippen LogP contribution < -0.4 is 5.32 Å². The topological polar surface area (TPSA) is 99.0 Å². The largest absolute Gasteiger partial charge is 0.356 e. The number of fused-ring (bicyclic) bond motifs is 1. The molecule has 30 heavy (non-hydrogen) atoms. The first-order valence-corrected chi connectivity index (χ1v) is 10.1. The molecule has 4 heterocycles. The van der Waals surface area contributed by atoms with Crippen molar-refractivity contribution in [2.75, 3.05) is 11.9 Å². The summed E-state index contributed by atoms with van der Waals surface area (Å²) in [5.74, 6) is -0.0955. The van der Waals surface area contributed by atoms with Gasteiger partial charge in [0, 0.05) is 23.8 Å². The number of ether oxygens (including phenoxy) is 1. The Morgan fingerprint density at radius 2 is 2.10 bits per heavy atom. The summed E-state index contributed by atoms with van der Waals surface area (Å²) in [6.45, 7) is 6.24. The number of carbonyl (C=O) groups is 2. The molecule has 4 rings (SSSR count). The van der Waals surface area contributed by atoms with Gasteiger partial charge in [0.1, 0.15) is 5.52 Å². The van der Waals surface area contributed by atoms with Gasteiger partial charge >= 0.3 is 0 Å². The minimum Gasteiger partial charge on any atom is -0.356 e. The Hall–Kier alpha value is -3.13. The van der Waals surface area contributed by atoms with Crippen molar-refractivity contribution < 1.29 is 14.3 Å². The van der Waals surface area contributed by atoms with Crippen LogP contribution in [0.1, 0.15) is 56.8 Å². The maximum absolute atomic E-state index is 12.3. The quantitative estimate of drug-likeness (QED) is 0.657. The van der Waals surface area contributed by atoms with Crippen LogP contribution in [0.25, 0.3) is 22.3 Å². The molecule has 1 saturated heterocycles. The van der Waals surface area contributed by atoms with E-state index in [0.29, 0.717) is 23.5 Å². The van der Waals surface area contributed by atoms with E-state index in [-0.39, 0.29) is 17.8 Å². The molecule has 1 aliphatic heterocycles. The summed E-state index contributed by atoms with van der Waals surface area (Å²) < 4.78 is 7.59. The van der Waals surface area contributed by atoms with Gasteiger partial charge in [-0.25, -0.2) is 9.67 Å². The summed E-state index contributed by atoms with van der Waals surface area (Å²) >= 11 is 0. The molecule has 1 fully saturated rings. The first-order valence-electron chi connectivity index (χ1n) is 10.1. The SMILES string of the molecule is CC(C)(C)C(=O)Nc1cncc(-c2ccc3c(n2)c(C=O)nn3C2CCCCO2)c1. The average molecular weight is 407 g/mol. The lowest BCUT2D eigenvalue weighted by Gasteiger charge is -2.23. The standard InChI is InChI=1S/C22H25N5O3/c1-22(2,3)21(29)24-15-10-14(11-23-12-15)16-7-8-18-20(25-16)17(13-28)26-27(18)19-6-4-5-9-30-19/h7-8,10-13,19H,4-6,9H2,1-3H3,(H,24,29). The van der Waals surface area contributed by atoms with E-state index in [1.807, 2.05) is 39.0 Å². The highest BCUT2D eigenvalue weighted by Gasteiger charge is 2.23. The Bertz CT molecular complexity index is 1090. The van der Waals surface area contributed by atoms with Gasteiger partial charge in [-0.1, -0.05) is 20.8 Å². The number of aldehydes is 1. The van der Waals surface area contributed by atoms with E-state index in [1.165, 1.54) is 0 Å². The fourth-order valence-electron chi connectivity index (χ4n) is 3.39. The molecule has 3 aromatic heterocycles. The van der Waals surface area contributed by atoms with Crippen LogP contribution in [0.4, 0.5) is 5.69 Å². The number of rotatable bonds is 4. The summed E-state index contributed by atoms with van der Waals surface area (Å²) in [6, 6.07) is 5.58. The lowest BCUT2D eigenvalue weighted by Crippen LogP contribution is -2.27. The summed E-state index contributed by atoms with van der Waals surface area (Å²) in [4.78, 5) is 32.8. The van der Waals surface area contributed by atoms with Crippen LogP contribution in [0.5, 0.6) is 0 Å². The Kier molecular flexibility index (Phi) is 5.34. The number of carbonyl (C=O) groups excluding carboxylic acids is 2. The molecule has 156 valence electrons. The smallest absolute Gasteiger partial charge is 0.229 e. The van der Waals surface area contributed by atoms with Crippen molar-refractivity contribution in [1.29, 1.82) is 0 Å². The first-order chi connectivity index (χ1) is 14.4. The molecule has 0 spiro atoms. The predicted molar refractivity (Wildman–Crippen MR) is 113 cm³/mol. The maximum Gasteiger partial charge on any atom is 0.229 e. The zero-order valence-corrected chi connectivity index (χ0v) is 17.4. The number of hydrogen-bond donors (Lipinski definition) is 1. The van der Waals surface area contributed by atoms with E-state index in [0.717, 1.165) is 36.6 Å². The fourth-order valence-corrected chi connectivity index (χ4v) is 3.39. The highest BCUT2D eigenvalue weighted by atomic mass is 16.5. The number of nitrogens with zero attached hydrogens (tertiary/aromatic N) is 4. The van der Waals surface area contributed by atoms with Crippen molar-refractivity contribution in [2.24, 2.45) is 5.41 Å². The van der Waals surface area contributed by atoms with Gasteiger partial charge in [-0.3, -0.25) is 14.6 Å². The van der Waals surface area contributed by atoms with Crippen molar-refractivity contribution in [1.82, 2.24) is 19.7 Å². The first kappa shape index (κ1) is 20.2. The average Bonchev–Trinajstić information content (AvgIpc) is 3.12. The molecule has 3 aromatic rings. The van der Waals surface area contributed by atoms with Gasteiger partial charge in [-0.05, 0) is 37.5 Å². The second-order valence-electron chi connectivity index (χ2n) is 8.50. The second kappa shape index (κ2) is 7.95. The minimum absolute atomic E-state index is 0.0955. The summed E-state index contributed by atoms with van der Waals surface area (Å²) in [6.07, 6.45) is 6.77. The monoisotopic (exact) mass is 407 g/mol. The number of nitrogens with one attached hydrogen (secondary N) is 1. The van der Waals surface area contributed by atoms with Gasteiger partial charge in [0.25, 0.3) is 0 Å². The molecular weight excluding hydrogens is 382 g/mol. The molecule has 8 nitrogen and oxygen atoms in total. The van der Waals surface area contributed by atoms with Crippen molar-refractivity contribution in [3.05, 3.63) is 36.3 Å². The third-order valence-electron chi connectivity index (χ3n) is 5.09.